The van der Waals surface area contributed by atoms with E-state index >= 15 is 0 Å². The molecule has 0 heterocycles. The van der Waals surface area contributed by atoms with Crippen molar-refractivity contribution in [1.29, 1.82) is 0 Å². The van der Waals surface area contributed by atoms with Crippen LogP contribution in [-0.2, 0) is 14.3 Å². The molecule has 2 N–H and O–H groups in total. The average molecular weight is 389 g/mol. The van der Waals surface area contributed by atoms with E-state index in [1.165, 1.54) is 6.92 Å². The van der Waals surface area contributed by atoms with E-state index in [9.17, 15) is 14.4 Å². The van der Waals surface area contributed by atoms with Gasteiger partial charge in [0.1, 0.15) is 6.54 Å². The molecule has 0 aliphatic rings. The lowest BCUT2D eigenvalue weighted by Gasteiger charge is -2.14. The first-order valence-corrected chi connectivity index (χ1v) is 8.75. The highest BCUT2D eigenvalue weighted by Gasteiger charge is 2.18. The van der Waals surface area contributed by atoms with E-state index in [-0.39, 0.29) is 12.5 Å². The number of benzene rings is 2. The van der Waals surface area contributed by atoms with E-state index in [4.69, 9.17) is 16.3 Å². The Bertz CT molecular complexity index is 850. The van der Waals surface area contributed by atoms with Crippen molar-refractivity contribution >= 4 is 35.1 Å². The number of rotatable bonds is 6. The van der Waals surface area contributed by atoms with Gasteiger partial charge < -0.3 is 15.4 Å². The molecule has 142 valence electrons. The molecule has 0 bridgehead atoms. The number of esters is 1. The van der Waals surface area contributed by atoms with Crippen molar-refractivity contribution in [2.45, 2.75) is 26.9 Å². The minimum absolute atomic E-state index is 0.329. The minimum atomic E-state index is -1.01. The van der Waals surface area contributed by atoms with Crippen LogP contribution in [0.15, 0.2) is 42.5 Å². The van der Waals surface area contributed by atoms with Crippen molar-refractivity contribution in [3.8, 4) is 0 Å². The van der Waals surface area contributed by atoms with Crippen LogP contribution in [0.3, 0.4) is 0 Å². The molecule has 0 unspecified atom stereocenters. The van der Waals surface area contributed by atoms with Crippen molar-refractivity contribution < 1.29 is 19.1 Å². The van der Waals surface area contributed by atoms with Crippen LogP contribution in [0.4, 0.5) is 5.69 Å². The van der Waals surface area contributed by atoms with Gasteiger partial charge in [0.25, 0.3) is 11.8 Å². The molecule has 0 fully saturated rings. The highest BCUT2D eigenvalue weighted by Crippen LogP contribution is 2.14. The number of nitrogens with one attached hydrogen (secondary N) is 2. The molecule has 1 atom stereocenters. The summed E-state index contributed by atoms with van der Waals surface area (Å²) in [5.74, 6) is -1.56. The van der Waals surface area contributed by atoms with Crippen LogP contribution in [0.2, 0.25) is 5.02 Å². The summed E-state index contributed by atoms with van der Waals surface area (Å²) in [6.07, 6.45) is -1.01. The fourth-order valence-corrected chi connectivity index (χ4v) is 2.33. The molecule has 2 aromatic rings. The lowest BCUT2D eigenvalue weighted by atomic mass is 10.1. The third-order valence-electron chi connectivity index (χ3n) is 3.95. The lowest BCUT2D eigenvalue weighted by Crippen LogP contribution is -2.35. The second-order valence-electron chi connectivity index (χ2n) is 6.11. The third kappa shape index (κ3) is 6.11. The highest BCUT2D eigenvalue weighted by molar-refractivity contribution is 6.30. The molecule has 0 aromatic heterocycles. The first-order valence-electron chi connectivity index (χ1n) is 8.37. The molecule has 0 saturated carbocycles. The fourth-order valence-electron chi connectivity index (χ4n) is 2.21. The average Bonchev–Trinajstić information content (AvgIpc) is 2.63. The molecule has 2 amide bonds. The van der Waals surface area contributed by atoms with Crippen LogP contribution in [0.5, 0.6) is 0 Å². The van der Waals surface area contributed by atoms with Gasteiger partial charge in [-0.25, -0.2) is 0 Å². The number of anilines is 1. The zero-order valence-electron chi connectivity index (χ0n) is 15.3. The first kappa shape index (κ1) is 20.5. The van der Waals surface area contributed by atoms with E-state index < -0.39 is 18.0 Å². The second-order valence-corrected chi connectivity index (χ2v) is 6.55. The Morgan fingerprint density at radius 1 is 1.04 bits per heavy atom. The van der Waals surface area contributed by atoms with Crippen LogP contribution < -0.4 is 10.6 Å². The third-order valence-corrected chi connectivity index (χ3v) is 4.20. The quantitative estimate of drug-likeness (QED) is 0.744. The van der Waals surface area contributed by atoms with Crippen molar-refractivity contribution in [2.75, 3.05) is 11.9 Å². The molecule has 7 heteroatoms. The van der Waals surface area contributed by atoms with Gasteiger partial charge in [0.05, 0.1) is 0 Å². The van der Waals surface area contributed by atoms with Crippen molar-refractivity contribution in [3.05, 3.63) is 64.2 Å². The number of hydrogen-bond donors (Lipinski definition) is 2. The van der Waals surface area contributed by atoms with Crippen molar-refractivity contribution in [3.63, 3.8) is 0 Å². The summed E-state index contributed by atoms with van der Waals surface area (Å²) >= 11 is 5.78. The predicted molar refractivity (Wildman–Crippen MR) is 104 cm³/mol. The van der Waals surface area contributed by atoms with Crippen LogP contribution in [0.25, 0.3) is 0 Å². The summed E-state index contributed by atoms with van der Waals surface area (Å²) in [6, 6.07) is 11.8. The number of carbonyl (C=O) groups excluding carboxylic acids is 3. The van der Waals surface area contributed by atoms with Crippen molar-refractivity contribution in [2.24, 2.45) is 0 Å². The maximum atomic E-state index is 12.1. The minimum Gasteiger partial charge on any atom is -0.451 e. The van der Waals surface area contributed by atoms with Gasteiger partial charge in [0.15, 0.2) is 6.10 Å². The molecule has 0 saturated heterocycles. The maximum Gasteiger partial charge on any atom is 0.326 e. The Morgan fingerprint density at radius 3 is 2.33 bits per heavy atom. The predicted octanol–water partition coefficient (Wildman–Crippen LogP) is 3.26. The Morgan fingerprint density at radius 2 is 1.70 bits per heavy atom. The molecular weight excluding hydrogens is 368 g/mol. The summed E-state index contributed by atoms with van der Waals surface area (Å²) in [6.45, 7) is 4.98. The summed E-state index contributed by atoms with van der Waals surface area (Å²) in [7, 11) is 0. The standard InChI is InChI=1S/C20H21ClN2O4/c1-12-4-5-15(10-13(12)2)20(26)22-11-18(24)27-14(3)19(25)23-17-8-6-16(21)7-9-17/h4-10,14H,11H2,1-3H3,(H,22,26)(H,23,25)/t14-/m0/s1. The van der Waals surface area contributed by atoms with Gasteiger partial charge >= 0.3 is 5.97 Å². The van der Waals surface area contributed by atoms with Crippen LogP contribution in [-0.4, -0.2) is 30.4 Å². The Labute approximate surface area is 162 Å². The molecule has 0 spiro atoms. The number of ether oxygens (including phenoxy) is 1. The summed E-state index contributed by atoms with van der Waals surface area (Å²) in [4.78, 5) is 36.0. The Kier molecular flexibility index (Phi) is 6.96. The van der Waals surface area contributed by atoms with Gasteiger partial charge in [-0.1, -0.05) is 17.7 Å². The SMILES string of the molecule is Cc1ccc(C(=O)NCC(=O)O[C@@H](C)C(=O)Nc2ccc(Cl)cc2)cc1C. The molecule has 0 radical (unpaired) electrons. The molecule has 6 nitrogen and oxygen atoms in total. The largest absolute Gasteiger partial charge is 0.451 e. The number of carbonyl (C=O) groups is 3. The van der Waals surface area contributed by atoms with E-state index in [1.54, 1.807) is 36.4 Å². The molecule has 2 rings (SSSR count). The van der Waals surface area contributed by atoms with Crippen LogP contribution >= 0.6 is 11.6 Å². The zero-order valence-corrected chi connectivity index (χ0v) is 16.1. The van der Waals surface area contributed by atoms with E-state index in [1.807, 2.05) is 19.9 Å². The number of hydrogen-bond acceptors (Lipinski definition) is 4. The van der Waals surface area contributed by atoms with Gasteiger partial charge in [0.2, 0.25) is 0 Å². The van der Waals surface area contributed by atoms with Gasteiger partial charge in [-0.3, -0.25) is 14.4 Å². The summed E-state index contributed by atoms with van der Waals surface area (Å²) in [5.41, 5.74) is 3.05. The molecule has 2 aromatic carbocycles. The van der Waals surface area contributed by atoms with Gasteiger partial charge in [-0.15, -0.1) is 0 Å². The normalized spacial score (nSPS) is 11.4. The maximum absolute atomic E-state index is 12.1. The van der Waals surface area contributed by atoms with Crippen LogP contribution in [0, 0.1) is 13.8 Å². The molecule has 27 heavy (non-hydrogen) atoms. The Balaban J connectivity index is 1.81. The molecular formula is C20H21ClN2O4. The van der Waals surface area contributed by atoms with Gasteiger partial charge in [-0.2, -0.15) is 0 Å². The zero-order chi connectivity index (χ0) is 20.0. The monoisotopic (exact) mass is 388 g/mol. The van der Waals surface area contributed by atoms with E-state index in [2.05, 4.69) is 10.6 Å². The van der Waals surface area contributed by atoms with Crippen LogP contribution in [0.1, 0.15) is 28.4 Å². The van der Waals surface area contributed by atoms with Gasteiger partial charge in [0, 0.05) is 16.3 Å². The summed E-state index contributed by atoms with van der Waals surface area (Å²) in [5, 5.41) is 5.65. The smallest absolute Gasteiger partial charge is 0.326 e. The highest BCUT2D eigenvalue weighted by atomic mass is 35.5. The van der Waals surface area contributed by atoms with Crippen molar-refractivity contribution in [1.82, 2.24) is 5.32 Å². The lowest BCUT2D eigenvalue weighted by molar-refractivity contribution is -0.152. The second kappa shape index (κ2) is 9.19. The topological polar surface area (TPSA) is 84.5 Å². The fraction of sp³-hybridized carbons (Fsp3) is 0.250. The van der Waals surface area contributed by atoms with E-state index in [0.29, 0.717) is 16.3 Å². The summed E-state index contributed by atoms with van der Waals surface area (Å²) < 4.78 is 5.05. The number of halogens is 1. The van der Waals surface area contributed by atoms with Gasteiger partial charge in [-0.05, 0) is 68.3 Å². The molecule has 0 aliphatic carbocycles. The first-order chi connectivity index (χ1) is 12.8. The number of aryl methyl sites for hydroxylation is 2. The van der Waals surface area contributed by atoms with E-state index in [0.717, 1.165) is 11.1 Å². The Hall–Kier alpha value is -2.86. The number of amides is 2. The molecule has 0 aliphatic heterocycles.